The smallest absolute Gasteiger partial charge is 0.291 e. The van der Waals surface area contributed by atoms with Gasteiger partial charge in [-0.25, -0.2) is 0 Å². The van der Waals surface area contributed by atoms with Crippen LogP contribution in [0.3, 0.4) is 0 Å². The van der Waals surface area contributed by atoms with Gasteiger partial charge in [0.05, 0.1) is 5.69 Å². The minimum Gasteiger partial charge on any atom is -0.449 e. The topological polar surface area (TPSA) is 58.6 Å². The van der Waals surface area contributed by atoms with Gasteiger partial charge in [-0.3, -0.25) is 9.59 Å². The molecular weight excluding hydrogens is 364 g/mol. The van der Waals surface area contributed by atoms with Gasteiger partial charge in [0.1, 0.15) is 0 Å². The van der Waals surface area contributed by atoms with E-state index in [1.807, 2.05) is 17.0 Å². The maximum atomic E-state index is 12.7. The number of carbonyl (C=O) groups is 2. The molecule has 0 atom stereocenters. The zero-order valence-electron chi connectivity index (χ0n) is 14.7. The molecule has 0 radical (unpaired) electrons. The third kappa shape index (κ3) is 3.83. The first kappa shape index (κ1) is 17.6. The van der Waals surface area contributed by atoms with Crippen LogP contribution < -0.4 is 10.1 Å². The first-order valence-electron chi connectivity index (χ1n) is 9.00. The number of anilines is 1. The van der Waals surface area contributed by atoms with E-state index >= 15 is 0 Å². The van der Waals surface area contributed by atoms with Gasteiger partial charge in [0.25, 0.3) is 11.8 Å². The SMILES string of the molecule is O=C1Nc2cc(C(=O)N3CCCCC3)ccc2O/C1=C/c1ccc(Cl)cc1. The van der Waals surface area contributed by atoms with Crippen molar-refractivity contribution >= 4 is 35.2 Å². The molecule has 1 N–H and O–H groups in total. The Morgan fingerprint density at radius 2 is 1.81 bits per heavy atom. The van der Waals surface area contributed by atoms with Gasteiger partial charge in [-0.05, 0) is 61.2 Å². The molecule has 2 heterocycles. The van der Waals surface area contributed by atoms with E-state index in [9.17, 15) is 9.59 Å². The number of nitrogens with zero attached hydrogens (tertiary/aromatic N) is 1. The van der Waals surface area contributed by atoms with Gasteiger partial charge < -0.3 is 15.0 Å². The van der Waals surface area contributed by atoms with E-state index in [0.717, 1.165) is 31.5 Å². The van der Waals surface area contributed by atoms with Crippen LogP contribution in [0.5, 0.6) is 5.75 Å². The number of benzene rings is 2. The van der Waals surface area contributed by atoms with Gasteiger partial charge >= 0.3 is 0 Å². The van der Waals surface area contributed by atoms with Crippen molar-refractivity contribution in [1.29, 1.82) is 0 Å². The molecule has 0 spiro atoms. The lowest BCUT2D eigenvalue weighted by atomic mass is 10.1. The molecule has 5 nitrogen and oxygen atoms in total. The van der Waals surface area contributed by atoms with Crippen molar-refractivity contribution in [2.75, 3.05) is 18.4 Å². The molecule has 2 aromatic rings. The maximum Gasteiger partial charge on any atom is 0.291 e. The molecule has 138 valence electrons. The average molecular weight is 383 g/mol. The monoisotopic (exact) mass is 382 g/mol. The van der Waals surface area contributed by atoms with E-state index in [4.69, 9.17) is 16.3 Å². The number of nitrogens with one attached hydrogen (secondary N) is 1. The van der Waals surface area contributed by atoms with Crippen LogP contribution >= 0.6 is 11.6 Å². The summed E-state index contributed by atoms with van der Waals surface area (Å²) >= 11 is 5.88. The fourth-order valence-corrected chi connectivity index (χ4v) is 3.41. The summed E-state index contributed by atoms with van der Waals surface area (Å²) in [5.74, 6) is 0.360. The van der Waals surface area contributed by atoms with Crippen molar-refractivity contribution in [3.05, 3.63) is 64.4 Å². The standard InChI is InChI=1S/C21H19ClN2O3/c22-16-7-4-14(5-8-16)12-19-20(25)23-17-13-15(6-9-18(17)27-19)21(26)24-10-2-1-3-11-24/h4-9,12-13H,1-3,10-11H2,(H,23,25)/b19-12+. The summed E-state index contributed by atoms with van der Waals surface area (Å²) in [6.45, 7) is 1.57. The Morgan fingerprint density at radius 1 is 1.07 bits per heavy atom. The Balaban J connectivity index is 1.56. The minimum absolute atomic E-state index is 0.00532. The second-order valence-corrected chi connectivity index (χ2v) is 7.12. The zero-order valence-corrected chi connectivity index (χ0v) is 15.5. The molecule has 0 aliphatic carbocycles. The van der Waals surface area contributed by atoms with E-state index in [1.54, 1.807) is 36.4 Å². The summed E-state index contributed by atoms with van der Waals surface area (Å²) in [5.41, 5.74) is 1.88. The first-order valence-corrected chi connectivity index (χ1v) is 9.38. The number of halogens is 1. The van der Waals surface area contributed by atoms with E-state index in [0.29, 0.717) is 22.0 Å². The van der Waals surface area contributed by atoms with Crippen molar-refractivity contribution in [2.24, 2.45) is 0 Å². The van der Waals surface area contributed by atoms with Crippen molar-refractivity contribution in [1.82, 2.24) is 4.90 Å². The Kier molecular flexibility index (Phi) is 4.86. The summed E-state index contributed by atoms with van der Waals surface area (Å²) in [6, 6.07) is 12.3. The second kappa shape index (κ2) is 7.45. The first-order chi connectivity index (χ1) is 13.1. The van der Waals surface area contributed by atoms with Gasteiger partial charge in [-0.2, -0.15) is 0 Å². The summed E-state index contributed by atoms with van der Waals surface area (Å²) in [7, 11) is 0. The van der Waals surface area contributed by atoms with Crippen molar-refractivity contribution in [3.63, 3.8) is 0 Å². The number of hydrogen-bond acceptors (Lipinski definition) is 3. The number of carbonyl (C=O) groups excluding carboxylic acids is 2. The van der Waals surface area contributed by atoms with E-state index in [1.165, 1.54) is 6.42 Å². The lowest BCUT2D eigenvalue weighted by Crippen LogP contribution is -2.35. The number of hydrogen-bond donors (Lipinski definition) is 1. The predicted octanol–water partition coefficient (Wildman–Crippen LogP) is 4.34. The van der Waals surface area contributed by atoms with Crippen LogP contribution in [-0.2, 0) is 4.79 Å². The van der Waals surface area contributed by atoms with Crippen LogP contribution in [-0.4, -0.2) is 29.8 Å². The minimum atomic E-state index is -0.347. The lowest BCUT2D eigenvalue weighted by molar-refractivity contribution is -0.115. The van der Waals surface area contributed by atoms with Crippen LogP contribution in [0.15, 0.2) is 48.2 Å². The Labute approximate surface area is 162 Å². The summed E-state index contributed by atoms with van der Waals surface area (Å²) < 4.78 is 5.75. The molecule has 2 aliphatic rings. The second-order valence-electron chi connectivity index (χ2n) is 6.68. The zero-order chi connectivity index (χ0) is 18.8. The van der Waals surface area contributed by atoms with E-state index in [-0.39, 0.29) is 17.6 Å². The third-order valence-corrected chi connectivity index (χ3v) is 4.98. The largest absolute Gasteiger partial charge is 0.449 e. The van der Waals surface area contributed by atoms with Gasteiger partial charge in [0, 0.05) is 23.7 Å². The van der Waals surface area contributed by atoms with Crippen molar-refractivity contribution < 1.29 is 14.3 Å². The number of rotatable bonds is 2. The lowest BCUT2D eigenvalue weighted by Gasteiger charge is -2.27. The molecule has 2 amide bonds. The van der Waals surface area contributed by atoms with Crippen LogP contribution in [0.25, 0.3) is 6.08 Å². The molecule has 0 saturated carbocycles. The highest BCUT2D eigenvalue weighted by atomic mass is 35.5. The normalized spacial score (nSPS) is 17.9. The van der Waals surface area contributed by atoms with Crippen LogP contribution in [0.1, 0.15) is 35.2 Å². The molecule has 0 bridgehead atoms. The Morgan fingerprint density at radius 3 is 2.56 bits per heavy atom. The molecule has 2 aliphatic heterocycles. The highest BCUT2D eigenvalue weighted by Crippen LogP contribution is 2.33. The quantitative estimate of drug-likeness (QED) is 0.786. The van der Waals surface area contributed by atoms with Crippen molar-refractivity contribution in [2.45, 2.75) is 19.3 Å². The van der Waals surface area contributed by atoms with E-state index in [2.05, 4.69) is 5.32 Å². The van der Waals surface area contributed by atoms with Gasteiger partial charge in [0.2, 0.25) is 0 Å². The van der Waals surface area contributed by atoms with Gasteiger partial charge in [-0.15, -0.1) is 0 Å². The van der Waals surface area contributed by atoms with Crippen LogP contribution in [0.2, 0.25) is 5.02 Å². The van der Waals surface area contributed by atoms with Crippen molar-refractivity contribution in [3.8, 4) is 5.75 Å². The molecule has 0 unspecified atom stereocenters. The van der Waals surface area contributed by atoms with Gasteiger partial charge in [-0.1, -0.05) is 23.7 Å². The fourth-order valence-electron chi connectivity index (χ4n) is 3.28. The molecule has 4 rings (SSSR count). The summed E-state index contributed by atoms with van der Waals surface area (Å²) in [5, 5.41) is 3.44. The predicted molar refractivity (Wildman–Crippen MR) is 105 cm³/mol. The number of piperidine rings is 1. The molecule has 6 heteroatoms. The fraction of sp³-hybridized carbons (Fsp3) is 0.238. The van der Waals surface area contributed by atoms with Crippen LogP contribution in [0, 0.1) is 0 Å². The molecule has 1 saturated heterocycles. The van der Waals surface area contributed by atoms with Crippen LogP contribution in [0.4, 0.5) is 5.69 Å². The molecule has 0 aromatic heterocycles. The van der Waals surface area contributed by atoms with Gasteiger partial charge in [0.15, 0.2) is 11.5 Å². The molecule has 1 fully saturated rings. The molecule has 2 aromatic carbocycles. The number of ether oxygens (including phenoxy) is 1. The number of fused-ring (bicyclic) bond motifs is 1. The summed E-state index contributed by atoms with van der Waals surface area (Å²) in [6.07, 6.45) is 4.90. The number of amides is 2. The average Bonchev–Trinajstić information content (AvgIpc) is 2.70. The number of likely N-dealkylation sites (tertiary alicyclic amines) is 1. The highest BCUT2D eigenvalue weighted by Gasteiger charge is 2.25. The Hall–Kier alpha value is -2.79. The van der Waals surface area contributed by atoms with E-state index < -0.39 is 0 Å². The maximum absolute atomic E-state index is 12.7. The molecule has 27 heavy (non-hydrogen) atoms. The Bertz CT molecular complexity index is 916. The summed E-state index contributed by atoms with van der Waals surface area (Å²) in [4.78, 5) is 26.9. The highest BCUT2D eigenvalue weighted by molar-refractivity contribution is 6.30. The third-order valence-electron chi connectivity index (χ3n) is 4.73. The molecular formula is C21H19ClN2O3.